The minimum atomic E-state index is -0.574. The van der Waals surface area contributed by atoms with Gasteiger partial charge in [0.05, 0.1) is 25.2 Å². The number of amides is 2. The number of hydrogen-bond donors (Lipinski definition) is 2. The number of carbonyl (C=O) groups is 2. The standard InChI is InChI=1S/C20H27FN2O4/c21-15-6-4-5-14(11-15)20(26)22-17-8-7-16(27-18(17)13-24)12-19(25)23-9-2-1-3-10-23/h4-6,11,16-18,24H,1-3,7-10,12-13H2,(H,22,26)/t16-,17-,18-/m0/s1. The molecule has 148 valence electrons. The maximum Gasteiger partial charge on any atom is 0.251 e. The number of halogens is 1. The number of benzene rings is 1. The lowest BCUT2D eigenvalue weighted by Gasteiger charge is -2.37. The van der Waals surface area contributed by atoms with Gasteiger partial charge in [-0.1, -0.05) is 6.07 Å². The van der Waals surface area contributed by atoms with E-state index in [2.05, 4.69) is 5.32 Å². The highest BCUT2D eigenvalue weighted by atomic mass is 19.1. The van der Waals surface area contributed by atoms with Crippen LogP contribution in [0.2, 0.25) is 0 Å². The Morgan fingerprint density at radius 1 is 1.22 bits per heavy atom. The summed E-state index contributed by atoms with van der Waals surface area (Å²) >= 11 is 0. The normalized spacial score (nSPS) is 25.9. The van der Waals surface area contributed by atoms with Crippen molar-refractivity contribution in [3.05, 3.63) is 35.6 Å². The van der Waals surface area contributed by atoms with Crippen LogP contribution in [0.15, 0.2) is 24.3 Å². The number of piperidine rings is 1. The van der Waals surface area contributed by atoms with Crippen LogP contribution in [-0.4, -0.2) is 59.8 Å². The molecule has 2 aliphatic heterocycles. The summed E-state index contributed by atoms with van der Waals surface area (Å²) in [4.78, 5) is 26.6. The first-order chi connectivity index (χ1) is 13.1. The number of rotatable bonds is 5. The van der Waals surface area contributed by atoms with Crippen molar-refractivity contribution in [3.63, 3.8) is 0 Å². The van der Waals surface area contributed by atoms with E-state index in [0.29, 0.717) is 19.3 Å². The Morgan fingerprint density at radius 2 is 2.00 bits per heavy atom. The van der Waals surface area contributed by atoms with E-state index in [1.165, 1.54) is 30.7 Å². The van der Waals surface area contributed by atoms with Crippen molar-refractivity contribution in [3.8, 4) is 0 Å². The number of nitrogens with one attached hydrogen (secondary N) is 1. The largest absolute Gasteiger partial charge is 0.394 e. The maximum atomic E-state index is 13.3. The number of nitrogens with zero attached hydrogens (tertiary/aromatic N) is 1. The van der Waals surface area contributed by atoms with E-state index in [9.17, 15) is 19.1 Å². The first-order valence-electron chi connectivity index (χ1n) is 9.67. The quantitative estimate of drug-likeness (QED) is 0.820. The van der Waals surface area contributed by atoms with E-state index in [-0.39, 0.29) is 30.2 Å². The maximum absolute atomic E-state index is 13.3. The van der Waals surface area contributed by atoms with Gasteiger partial charge in [0.25, 0.3) is 5.91 Å². The SMILES string of the molecule is O=C(N[C@H]1CC[C@@H](CC(=O)N2CCCCC2)O[C@H]1CO)c1cccc(F)c1. The Hall–Kier alpha value is -1.99. The Bertz CT molecular complexity index is 663. The minimum absolute atomic E-state index is 0.0960. The molecule has 2 aliphatic rings. The number of likely N-dealkylation sites (tertiary alicyclic amines) is 1. The summed E-state index contributed by atoms with van der Waals surface area (Å²) in [6.07, 6.45) is 3.97. The van der Waals surface area contributed by atoms with E-state index in [1.807, 2.05) is 4.90 Å². The van der Waals surface area contributed by atoms with Crippen LogP contribution in [0, 0.1) is 5.82 Å². The second-order valence-electron chi connectivity index (χ2n) is 7.29. The average molecular weight is 378 g/mol. The lowest BCUT2D eigenvalue weighted by Crippen LogP contribution is -2.51. The molecule has 0 aliphatic carbocycles. The second-order valence-corrected chi connectivity index (χ2v) is 7.29. The van der Waals surface area contributed by atoms with Gasteiger partial charge in [-0.3, -0.25) is 9.59 Å². The summed E-state index contributed by atoms with van der Waals surface area (Å²) in [5.41, 5.74) is 0.231. The fourth-order valence-electron chi connectivity index (χ4n) is 3.80. The topological polar surface area (TPSA) is 78.9 Å². The summed E-state index contributed by atoms with van der Waals surface area (Å²) < 4.78 is 19.2. The van der Waals surface area contributed by atoms with Crippen LogP contribution in [0.4, 0.5) is 4.39 Å². The summed E-state index contributed by atoms with van der Waals surface area (Å²) in [7, 11) is 0. The van der Waals surface area contributed by atoms with Crippen molar-refractivity contribution >= 4 is 11.8 Å². The molecular formula is C20H27FN2O4. The molecule has 0 saturated carbocycles. The Labute approximate surface area is 158 Å². The van der Waals surface area contributed by atoms with Gasteiger partial charge in [0.1, 0.15) is 11.9 Å². The van der Waals surface area contributed by atoms with Gasteiger partial charge in [-0.25, -0.2) is 4.39 Å². The number of aliphatic hydroxyl groups is 1. The zero-order valence-electron chi connectivity index (χ0n) is 15.4. The van der Waals surface area contributed by atoms with Crippen LogP contribution < -0.4 is 5.32 Å². The van der Waals surface area contributed by atoms with Gasteiger partial charge in [-0.15, -0.1) is 0 Å². The van der Waals surface area contributed by atoms with Crippen LogP contribution in [0.1, 0.15) is 48.9 Å². The molecule has 1 aromatic rings. The van der Waals surface area contributed by atoms with Crippen molar-refractivity contribution in [2.75, 3.05) is 19.7 Å². The molecular weight excluding hydrogens is 351 g/mol. The Kier molecular flexibility index (Phi) is 6.79. The molecule has 0 spiro atoms. The summed E-state index contributed by atoms with van der Waals surface area (Å²) in [5, 5.41) is 12.5. The van der Waals surface area contributed by atoms with Gasteiger partial charge in [0, 0.05) is 18.7 Å². The monoisotopic (exact) mass is 378 g/mol. The summed E-state index contributed by atoms with van der Waals surface area (Å²) in [6, 6.07) is 5.10. The van der Waals surface area contributed by atoms with Crippen LogP contribution in [-0.2, 0) is 9.53 Å². The van der Waals surface area contributed by atoms with E-state index in [0.717, 1.165) is 25.9 Å². The Balaban J connectivity index is 1.53. The van der Waals surface area contributed by atoms with Crippen LogP contribution in [0.5, 0.6) is 0 Å². The number of hydrogen-bond acceptors (Lipinski definition) is 4. The average Bonchev–Trinajstić information content (AvgIpc) is 2.69. The van der Waals surface area contributed by atoms with E-state index < -0.39 is 17.8 Å². The molecule has 6 nitrogen and oxygen atoms in total. The zero-order chi connectivity index (χ0) is 19.2. The van der Waals surface area contributed by atoms with Crippen LogP contribution in [0.3, 0.4) is 0 Å². The molecule has 27 heavy (non-hydrogen) atoms. The molecule has 0 aromatic heterocycles. The third-order valence-corrected chi connectivity index (χ3v) is 5.31. The molecule has 2 saturated heterocycles. The van der Waals surface area contributed by atoms with E-state index in [1.54, 1.807) is 0 Å². The van der Waals surface area contributed by atoms with Crippen molar-refractivity contribution in [1.82, 2.24) is 10.2 Å². The molecule has 3 atom stereocenters. The zero-order valence-corrected chi connectivity index (χ0v) is 15.4. The highest BCUT2D eigenvalue weighted by molar-refractivity contribution is 5.94. The van der Waals surface area contributed by atoms with E-state index in [4.69, 9.17) is 4.74 Å². The van der Waals surface area contributed by atoms with Crippen molar-refractivity contribution in [1.29, 1.82) is 0 Å². The highest BCUT2D eigenvalue weighted by Crippen LogP contribution is 2.23. The molecule has 3 rings (SSSR count). The van der Waals surface area contributed by atoms with Gasteiger partial charge in [-0.05, 0) is 50.3 Å². The second kappa shape index (κ2) is 9.28. The minimum Gasteiger partial charge on any atom is -0.394 e. The molecule has 2 heterocycles. The Morgan fingerprint density at radius 3 is 2.70 bits per heavy atom. The van der Waals surface area contributed by atoms with E-state index >= 15 is 0 Å². The summed E-state index contributed by atoms with van der Waals surface area (Å²) in [5.74, 6) is -0.777. The molecule has 2 N–H and O–H groups in total. The van der Waals surface area contributed by atoms with Crippen molar-refractivity contribution < 1.29 is 23.8 Å². The predicted molar refractivity (Wildman–Crippen MR) is 97.7 cm³/mol. The van der Waals surface area contributed by atoms with Gasteiger partial charge < -0.3 is 20.1 Å². The molecule has 0 bridgehead atoms. The number of aliphatic hydroxyl groups excluding tert-OH is 1. The smallest absolute Gasteiger partial charge is 0.251 e. The lowest BCUT2D eigenvalue weighted by atomic mass is 9.96. The third-order valence-electron chi connectivity index (χ3n) is 5.31. The van der Waals surface area contributed by atoms with Crippen molar-refractivity contribution in [2.24, 2.45) is 0 Å². The highest BCUT2D eigenvalue weighted by Gasteiger charge is 2.33. The van der Waals surface area contributed by atoms with Gasteiger partial charge >= 0.3 is 0 Å². The van der Waals surface area contributed by atoms with Crippen molar-refractivity contribution in [2.45, 2.75) is 56.8 Å². The molecule has 1 aromatic carbocycles. The van der Waals surface area contributed by atoms with Gasteiger partial charge in [0.2, 0.25) is 5.91 Å². The lowest BCUT2D eigenvalue weighted by molar-refractivity contribution is -0.141. The third kappa shape index (κ3) is 5.26. The molecule has 2 fully saturated rings. The van der Waals surface area contributed by atoms with Crippen LogP contribution >= 0.6 is 0 Å². The van der Waals surface area contributed by atoms with Gasteiger partial charge in [-0.2, -0.15) is 0 Å². The molecule has 0 unspecified atom stereocenters. The number of carbonyl (C=O) groups excluding carboxylic acids is 2. The fourth-order valence-corrected chi connectivity index (χ4v) is 3.80. The first-order valence-corrected chi connectivity index (χ1v) is 9.67. The first kappa shape index (κ1) is 19.8. The molecule has 0 radical (unpaired) electrons. The predicted octanol–water partition coefficient (Wildman–Crippen LogP) is 1.87. The molecule has 2 amide bonds. The summed E-state index contributed by atoms with van der Waals surface area (Å²) in [6.45, 7) is 1.37. The van der Waals surface area contributed by atoms with Gasteiger partial charge in [0.15, 0.2) is 0 Å². The van der Waals surface area contributed by atoms with Crippen LogP contribution in [0.25, 0.3) is 0 Å². The number of ether oxygens (including phenoxy) is 1. The fraction of sp³-hybridized carbons (Fsp3) is 0.600. The molecule has 7 heteroatoms.